The molecule has 0 aliphatic carbocycles. The molecule has 0 atom stereocenters. The summed E-state index contributed by atoms with van der Waals surface area (Å²) < 4.78 is 49.3. The van der Waals surface area contributed by atoms with Crippen molar-refractivity contribution < 1.29 is 27.2 Å². The lowest BCUT2D eigenvalue weighted by Gasteiger charge is -2.13. The minimum Gasteiger partial charge on any atom is -0.450 e. The summed E-state index contributed by atoms with van der Waals surface area (Å²) in [6, 6.07) is 6.55. The molecule has 0 spiro atoms. The summed E-state index contributed by atoms with van der Waals surface area (Å²) in [7, 11) is 0. The van der Waals surface area contributed by atoms with Crippen LogP contribution in [0.25, 0.3) is 11.0 Å². The second-order valence-electron chi connectivity index (χ2n) is 6.05. The molecule has 0 radical (unpaired) electrons. The van der Waals surface area contributed by atoms with Crippen LogP contribution in [0.5, 0.6) is 11.5 Å². The van der Waals surface area contributed by atoms with Gasteiger partial charge in [-0.05, 0) is 43.2 Å². The first-order valence-electron chi connectivity index (χ1n) is 8.21. The lowest BCUT2D eigenvalue weighted by Crippen LogP contribution is -2.06. The van der Waals surface area contributed by atoms with Crippen LogP contribution in [-0.2, 0) is 12.6 Å². The summed E-state index contributed by atoms with van der Waals surface area (Å²) in [5.41, 5.74) is -1.10. The maximum atomic E-state index is 12.8. The van der Waals surface area contributed by atoms with Crippen LogP contribution in [0.3, 0.4) is 0 Å². The Kier molecular flexibility index (Phi) is 4.84. The van der Waals surface area contributed by atoms with E-state index in [0.29, 0.717) is 29.5 Å². The number of hydrogen-bond donors (Lipinski definition) is 0. The van der Waals surface area contributed by atoms with Gasteiger partial charge in [0.1, 0.15) is 11.3 Å². The van der Waals surface area contributed by atoms with E-state index in [0.717, 1.165) is 11.6 Å². The molecule has 0 saturated heterocycles. The zero-order valence-corrected chi connectivity index (χ0v) is 14.8. The summed E-state index contributed by atoms with van der Waals surface area (Å²) in [5, 5.41) is 11.9. The molecule has 0 bridgehead atoms. The first kappa shape index (κ1) is 19.4. The van der Waals surface area contributed by atoms with E-state index in [2.05, 4.69) is 0 Å². The summed E-state index contributed by atoms with van der Waals surface area (Å²) in [6.45, 7) is 3.47. The van der Waals surface area contributed by atoms with Gasteiger partial charge in [0, 0.05) is 23.1 Å². The lowest BCUT2D eigenvalue weighted by molar-refractivity contribution is -0.385. The number of alkyl halides is 3. The number of nitro groups is 1. The zero-order valence-electron chi connectivity index (χ0n) is 14.8. The third-order valence-electron chi connectivity index (χ3n) is 4.28. The molecule has 0 aliphatic heterocycles. The van der Waals surface area contributed by atoms with Crippen LogP contribution in [-0.4, -0.2) is 4.92 Å². The number of hydrogen-bond acceptors (Lipinski definition) is 5. The third kappa shape index (κ3) is 3.55. The van der Waals surface area contributed by atoms with Gasteiger partial charge in [-0.1, -0.05) is 6.92 Å². The quantitative estimate of drug-likeness (QED) is 0.337. The van der Waals surface area contributed by atoms with Crippen LogP contribution >= 0.6 is 0 Å². The molecule has 0 saturated carbocycles. The molecule has 2 aromatic carbocycles. The van der Waals surface area contributed by atoms with Gasteiger partial charge in [-0.3, -0.25) is 10.1 Å². The lowest BCUT2D eigenvalue weighted by atomic mass is 10.0. The Morgan fingerprint density at radius 3 is 2.43 bits per heavy atom. The average Bonchev–Trinajstić information content (AvgIpc) is 2.63. The van der Waals surface area contributed by atoms with E-state index in [1.165, 1.54) is 12.1 Å². The smallest absolute Gasteiger partial charge is 0.416 e. The molecule has 0 amide bonds. The van der Waals surface area contributed by atoms with Gasteiger partial charge < -0.3 is 9.15 Å². The van der Waals surface area contributed by atoms with Crippen molar-refractivity contribution in [2.45, 2.75) is 26.4 Å². The molecule has 6 nitrogen and oxygen atoms in total. The Hall–Kier alpha value is -3.36. The first-order valence-corrected chi connectivity index (χ1v) is 8.21. The summed E-state index contributed by atoms with van der Waals surface area (Å²) in [5.74, 6) is -0.221. The molecule has 0 N–H and O–H groups in total. The molecule has 9 heteroatoms. The highest BCUT2D eigenvalue weighted by Crippen LogP contribution is 2.39. The molecular weight excluding hydrogens is 379 g/mol. The number of rotatable bonds is 4. The molecule has 1 aromatic heterocycles. The van der Waals surface area contributed by atoms with Crippen molar-refractivity contribution in [2.75, 3.05) is 0 Å². The second-order valence-corrected chi connectivity index (χ2v) is 6.05. The predicted octanol–water partition coefficient (Wildman–Crippen LogP) is 5.38. The molecule has 3 rings (SSSR count). The van der Waals surface area contributed by atoms with Gasteiger partial charge in [0.05, 0.1) is 10.5 Å². The molecule has 0 unspecified atom stereocenters. The van der Waals surface area contributed by atoms with Crippen molar-refractivity contribution in [1.29, 1.82) is 0 Å². The highest BCUT2D eigenvalue weighted by molar-refractivity contribution is 5.85. The molecule has 3 aromatic rings. The van der Waals surface area contributed by atoms with Crippen LogP contribution < -0.4 is 10.4 Å². The maximum Gasteiger partial charge on any atom is 0.416 e. The number of aryl methyl sites for hydroxylation is 2. The molecule has 0 fully saturated rings. The van der Waals surface area contributed by atoms with Crippen LogP contribution in [0.2, 0.25) is 0 Å². The van der Waals surface area contributed by atoms with E-state index < -0.39 is 28.0 Å². The number of fused-ring (bicyclic) bond motifs is 1. The summed E-state index contributed by atoms with van der Waals surface area (Å²) in [4.78, 5) is 22.0. The zero-order chi connectivity index (χ0) is 20.6. The molecule has 1 heterocycles. The fraction of sp³-hybridized carbons (Fsp3) is 0.211. The number of ether oxygens (including phenoxy) is 1. The third-order valence-corrected chi connectivity index (χ3v) is 4.28. The Morgan fingerprint density at radius 1 is 1.14 bits per heavy atom. The van der Waals surface area contributed by atoms with Crippen LogP contribution in [0.4, 0.5) is 18.9 Å². The van der Waals surface area contributed by atoms with Crippen molar-refractivity contribution in [1.82, 2.24) is 0 Å². The van der Waals surface area contributed by atoms with E-state index in [4.69, 9.17) is 9.15 Å². The van der Waals surface area contributed by atoms with Crippen molar-refractivity contribution in [3.05, 3.63) is 73.6 Å². The van der Waals surface area contributed by atoms with Crippen molar-refractivity contribution in [2.24, 2.45) is 0 Å². The van der Waals surface area contributed by atoms with Gasteiger partial charge in [-0.25, -0.2) is 4.79 Å². The van der Waals surface area contributed by atoms with Crippen LogP contribution in [0.1, 0.15) is 23.6 Å². The first-order chi connectivity index (χ1) is 13.1. The van der Waals surface area contributed by atoms with Gasteiger partial charge in [-0.15, -0.1) is 0 Å². The number of nitro benzene ring substituents is 1. The topological polar surface area (TPSA) is 82.6 Å². The van der Waals surface area contributed by atoms with E-state index in [1.54, 1.807) is 13.0 Å². The number of nitrogens with zero attached hydrogens (tertiary/aromatic N) is 1. The summed E-state index contributed by atoms with van der Waals surface area (Å²) in [6.07, 6.45) is -4.13. The van der Waals surface area contributed by atoms with E-state index in [1.807, 2.05) is 6.92 Å². The van der Waals surface area contributed by atoms with Gasteiger partial charge in [0.15, 0.2) is 0 Å². The maximum absolute atomic E-state index is 12.8. The van der Waals surface area contributed by atoms with Crippen molar-refractivity contribution >= 4 is 16.7 Å². The molecular formula is C19H14F3NO5. The second kappa shape index (κ2) is 6.99. The number of benzene rings is 2. The van der Waals surface area contributed by atoms with E-state index >= 15 is 0 Å². The average molecular weight is 393 g/mol. The van der Waals surface area contributed by atoms with Gasteiger partial charge in [-0.2, -0.15) is 13.2 Å². The largest absolute Gasteiger partial charge is 0.450 e. The normalized spacial score (nSPS) is 11.6. The van der Waals surface area contributed by atoms with E-state index in [9.17, 15) is 28.1 Å². The molecule has 0 aliphatic rings. The highest BCUT2D eigenvalue weighted by Gasteiger charge is 2.33. The standard InChI is InChI=1S/C19H14F3NO5/c1-3-11-8-17(24)28-18-10(2)15(7-5-13(11)18)27-16-6-4-12(19(20,21)22)9-14(16)23(25)26/h4-9H,3H2,1-2H3. The Morgan fingerprint density at radius 2 is 1.82 bits per heavy atom. The SMILES string of the molecule is CCc1cc(=O)oc2c(C)c(Oc3ccc(C(F)(F)F)cc3[N+](=O)[O-])ccc12. The van der Waals surface area contributed by atoms with Gasteiger partial charge in [0.25, 0.3) is 0 Å². The van der Waals surface area contributed by atoms with Crippen molar-refractivity contribution in [3.63, 3.8) is 0 Å². The van der Waals surface area contributed by atoms with E-state index in [-0.39, 0.29) is 17.1 Å². The van der Waals surface area contributed by atoms with Gasteiger partial charge >= 0.3 is 17.5 Å². The minimum absolute atomic E-state index is 0.131. The van der Waals surface area contributed by atoms with Crippen molar-refractivity contribution in [3.8, 4) is 11.5 Å². The Balaban J connectivity index is 2.11. The van der Waals surface area contributed by atoms with Crippen LogP contribution in [0, 0.1) is 17.0 Å². The monoisotopic (exact) mass is 393 g/mol. The number of halogens is 3. The summed E-state index contributed by atoms with van der Waals surface area (Å²) >= 11 is 0. The highest BCUT2D eigenvalue weighted by atomic mass is 19.4. The van der Waals surface area contributed by atoms with Gasteiger partial charge in [0.2, 0.25) is 5.75 Å². The van der Waals surface area contributed by atoms with Crippen LogP contribution in [0.15, 0.2) is 45.6 Å². The molecule has 28 heavy (non-hydrogen) atoms. The fourth-order valence-corrected chi connectivity index (χ4v) is 2.85. The predicted molar refractivity (Wildman–Crippen MR) is 94.8 cm³/mol. The minimum atomic E-state index is -4.72. The fourth-order valence-electron chi connectivity index (χ4n) is 2.85. The Bertz CT molecular complexity index is 1130. The Labute approximate surface area is 156 Å². The molecule has 146 valence electrons.